The molecule has 19 heavy (non-hydrogen) atoms. The Balaban J connectivity index is 1.95. The second kappa shape index (κ2) is 6.33. The average Bonchev–Trinajstić information content (AvgIpc) is 2.81. The Morgan fingerprint density at radius 3 is 3.11 bits per heavy atom. The van der Waals surface area contributed by atoms with Crippen LogP contribution in [-0.2, 0) is 16.1 Å². The van der Waals surface area contributed by atoms with Crippen LogP contribution in [0.1, 0.15) is 12.0 Å². The zero-order valence-electron chi connectivity index (χ0n) is 11.3. The molecule has 5 heteroatoms. The number of hydrogen-bond donors (Lipinski definition) is 1. The Morgan fingerprint density at radius 1 is 1.47 bits per heavy atom. The molecule has 0 saturated carbocycles. The molecule has 0 aliphatic rings. The maximum Gasteiger partial charge on any atom is 0.221 e. The summed E-state index contributed by atoms with van der Waals surface area (Å²) in [6.07, 6.45) is 2.28. The van der Waals surface area contributed by atoms with Crippen molar-refractivity contribution in [1.82, 2.24) is 15.1 Å². The fourth-order valence-corrected chi connectivity index (χ4v) is 2.01. The van der Waals surface area contributed by atoms with Crippen molar-refractivity contribution in [3.63, 3.8) is 0 Å². The third-order valence-electron chi connectivity index (χ3n) is 3.08. The third-order valence-corrected chi connectivity index (χ3v) is 3.08. The zero-order valence-corrected chi connectivity index (χ0v) is 11.3. The maximum atomic E-state index is 11.6. The molecule has 102 valence electrons. The first kappa shape index (κ1) is 13.5. The summed E-state index contributed by atoms with van der Waals surface area (Å²) in [5, 5.41) is 8.28. The molecule has 0 aliphatic heterocycles. The minimum atomic E-state index is 0.0216. The number of ether oxygens (including phenoxy) is 1. The van der Waals surface area contributed by atoms with Crippen LogP contribution in [0.15, 0.2) is 24.4 Å². The van der Waals surface area contributed by atoms with Crippen LogP contribution in [0, 0.1) is 6.92 Å². The van der Waals surface area contributed by atoms with Crippen molar-refractivity contribution in [3.05, 3.63) is 30.0 Å². The van der Waals surface area contributed by atoms with E-state index in [1.807, 2.05) is 23.0 Å². The maximum absolute atomic E-state index is 11.6. The van der Waals surface area contributed by atoms with Crippen LogP contribution in [0.2, 0.25) is 0 Å². The summed E-state index contributed by atoms with van der Waals surface area (Å²) in [5.41, 5.74) is 2.28. The number of amides is 1. The quantitative estimate of drug-likeness (QED) is 0.802. The molecule has 1 aromatic heterocycles. The van der Waals surface area contributed by atoms with Crippen LogP contribution in [0.3, 0.4) is 0 Å². The lowest BCUT2D eigenvalue weighted by Crippen LogP contribution is -2.27. The molecular weight excluding hydrogens is 242 g/mol. The van der Waals surface area contributed by atoms with Crippen LogP contribution in [0.5, 0.6) is 0 Å². The van der Waals surface area contributed by atoms with Gasteiger partial charge in [-0.1, -0.05) is 12.1 Å². The standard InChI is InChI=1S/C14H19N3O2/c1-11-4-3-5-13-12(11)10-16-17(13)8-6-14(18)15-7-9-19-2/h3-5,10H,6-9H2,1-2H3,(H,15,18). The third kappa shape index (κ3) is 3.32. The van der Waals surface area contributed by atoms with Gasteiger partial charge in [0.15, 0.2) is 0 Å². The number of aryl methyl sites for hydroxylation is 2. The SMILES string of the molecule is COCCNC(=O)CCn1ncc2c(C)cccc21. The largest absolute Gasteiger partial charge is 0.383 e. The molecule has 1 N–H and O–H groups in total. The van der Waals surface area contributed by atoms with Crippen molar-refractivity contribution < 1.29 is 9.53 Å². The van der Waals surface area contributed by atoms with Crippen molar-refractivity contribution in [1.29, 1.82) is 0 Å². The van der Waals surface area contributed by atoms with Gasteiger partial charge in [-0.25, -0.2) is 0 Å². The summed E-state index contributed by atoms with van der Waals surface area (Å²) in [4.78, 5) is 11.6. The van der Waals surface area contributed by atoms with E-state index in [1.54, 1.807) is 7.11 Å². The van der Waals surface area contributed by atoms with Crippen molar-refractivity contribution in [2.75, 3.05) is 20.3 Å². The number of carbonyl (C=O) groups excluding carboxylic acids is 1. The number of methoxy groups -OCH3 is 1. The van der Waals surface area contributed by atoms with Gasteiger partial charge in [-0.05, 0) is 18.6 Å². The van der Waals surface area contributed by atoms with Crippen molar-refractivity contribution in [2.24, 2.45) is 0 Å². The van der Waals surface area contributed by atoms with Crippen molar-refractivity contribution >= 4 is 16.8 Å². The summed E-state index contributed by atoms with van der Waals surface area (Å²) in [6.45, 7) is 3.74. The predicted octanol–water partition coefficient (Wildman–Crippen LogP) is 1.50. The molecule has 2 rings (SSSR count). The highest BCUT2D eigenvalue weighted by molar-refractivity contribution is 5.82. The number of nitrogens with zero attached hydrogens (tertiary/aromatic N) is 2. The summed E-state index contributed by atoms with van der Waals surface area (Å²) >= 11 is 0. The minimum Gasteiger partial charge on any atom is -0.383 e. The highest BCUT2D eigenvalue weighted by Crippen LogP contribution is 2.17. The van der Waals surface area contributed by atoms with Gasteiger partial charge in [0.2, 0.25) is 5.91 Å². The van der Waals surface area contributed by atoms with E-state index in [2.05, 4.69) is 23.4 Å². The van der Waals surface area contributed by atoms with Crippen LogP contribution in [0.25, 0.3) is 10.9 Å². The van der Waals surface area contributed by atoms with Crippen LogP contribution in [-0.4, -0.2) is 35.9 Å². The van der Waals surface area contributed by atoms with Gasteiger partial charge in [-0.3, -0.25) is 9.48 Å². The first-order valence-corrected chi connectivity index (χ1v) is 6.39. The van der Waals surface area contributed by atoms with Crippen molar-refractivity contribution in [3.8, 4) is 0 Å². The lowest BCUT2D eigenvalue weighted by atomic mass is 10.1. The normalized spacial score (nSPS) is 10.8. The molecule has 0 spiro atoms. The first-order chi connectivity index (χ1) is 9.22. The summed E-state index contributed by atoms with van der Waals surface area (Å²) in [6, 6.07) is 6.10. The van der Waals surface area contributed by atoms with Gasteiger partial charge >= 0.3 is 0 Å². The first-order valence-electron chi connectivity index (χ1n) is 6.39. The van der Waals surface area contributed by atoms with E-state index in [0.717, 1.165) is 10.9 Å². The Kier molecular flexibility index (Phi) is 4.52. The van der Waals surface area contributed by atoms with Gasteiger partial charge in [0.1, 0.15) is 0 Å². The second-order valence-electron chi connectivity index (χ2n) is 4.47. The van der Waals surface area contributed by atoms with E-state index < -0.39 is 0 Å². The molecule has 0 unspecified atom stereocenters. The topological polar surface area (TPSA) is 56.1 Å². The monoisotopic (exact) mass is 261 g/mol. The predicted molar refractivity (Wildman–Crippen MR) is 74.0 cm³/mol. The molecule has 0 saturated heterocycles. The van der Waals surface area contributed by atoms with Gasteiger partial charge in [0.05, 0.1) is 24.9 Å². The van der Waals surface area contributed by atoms with Gasteiger partial charge < -0.3 is 10.1 Å². The van der Waals surface area contributed by atoms with E-state index in [0.29, 0.717) is 26.1 Å². The number of rotatable bonds is 6. The van der Waals surface area contributed by atoms with Crippen LogP contribution < -0.4 is 5.32 Å². The Labute approximate surface area is 112 Å². The molecular formula is C14H19N3O2. The smallest absolute Gasteiger partial charge is 0.221 e. The fraction of sp³-hybridized carbons (Fsp3) is 0.429. The Bertz CT molecular complexity index is 563. The number of nitrogens with one attached hydrogen (secondary N) is 1. The van der Waals surface area contributed by atoms with Crippen LogP contribution >= 0.6 is 0 Å². The molecule has 1 aromatic carbocycles. The van der Waals surface area contributed by atoms with E-state index in [1.165, 1.54) is 5.56 Å². The molecule has 2 aromatic rings. The number of carbonyl (C=O) groups is 1. The molecule has 1 heterocycles. The van der Waals surface area contributed by atoms with Crippen LogP contribution in [0.4, 0.5) is 0 Å². The highest BCUT2D eigenvalue weighted by Gasteiger charge is 2.06. The molecule has 0 bridgehead atoms. The van der Waals surface area contributed by atoms with E-state index in [9.17, 15) is 4.79 Å². The molecule has 1 amide bonds. The summed E-state index contributed by atoms with van der Waals surface area (Å²) in [7, 11) is 1.62. The van der Waals surface area contributed by atoms with E-state index >= 15 is 0 Å². The fourth-order valence-electron chi connectivity index (χ4n) is 2.01. The minimum absolute atomic E-state index is 0.0216. The summed E-state index contributed by atoms with van der Waals surface area (Å²) < 4.78 is 6.75. The van der Waals surface area contributed by atoms with E-state index in [4.69, 9.17) is 4.74 Å². The second-order valence-corrected chi connectivity index (χ2v) is 4.47. The average molecular weight is 261 g/mol. The number of hydrogen-bond acceptors (Lipinski definition) is 3. The van der Waals surface area contributed by atoms with Gasteiger partial charge in [0, 0.05) is 25.5 Å². The molecule has 0 atom stereocenters. The van der Waals surface area contributed by atoms with E-state index in [-0.39, 0.29) is 5.91 Å². The van der Waals surface area contributed by atoms with Gasteiger partial charge in [-0.15, -0.1) is 0 Å². The molecule has 0 aliphatic carbocycles. The molecule has 0 fully saturated rings. The van der Waals surface area contributed by atoms with Gasteiger partial charge in [0.25, 0.3) is 0 Å². The Morgan fingerprint density at radius 2 is 2.32 bits per heavy atom. The lowest BCUT2D eigenvalue weighted by Gasteiger charge is -2.06. The molecule has 5 nitrogen and oxygen atoms in total. The van der Waals surface area contributed by atoms with Crippen molar-refractivity contribution in [2.45, 2.75) is 19.9 Å². The molecule has 0 radical (unpaired) electrons. The number of aromatic nitrogens is 2. The highest BCUT2D eigenvalue weighted by atomic mass is 16.5. The van der Waals surface area contributed by atoms with Gasteiger partial charge in [-0.2, -0.15) is 5.10 Å². The lowest BCUT2D eigenvalue weighted by molar-refractivity contribution is -0.121. The number of benzene rings is 1. The Hall–Kier alpha value is -1.88. The zero-order chi connectivity index (χ0) is 13.7. The summed E-state index contributed by atoms with van der Waals surface area (Å²) in [5.74, 6) is 0.0216. The number of fused-ring (bicyclic) bond motifs is 1.